The fourth-order valence-corrected chi connectivity index (χ4v) is 4.09. The topological polar surface area (TPSA) is 150 Å². The minimum atomic E-state index is -1.46. The van der Waals surface area contributed by atoms with Crippen molar-refractivity contribution in [2.45, 2.75) is 71.4 Å². The van der Waals surface area contributed by atoms with E-state index in [-0.39, 0.29) is 25.6 Å². The first kappa shape index (κ1) is 34.7. The van der Waals surface area contributed by atoms with E-state index in [0.717, 1.165) is 5.56 Å². The van der Waals surface area contributed by atoms with Crippen LogP contribution in [0.1, 0.15) is 58.7 Å². The summed E-state index contributed by atoms with van der Waals surface area (Å²) in [4.78, 5) is 56.1. The first-order valence-corrected chi connectivity index (χ1v) is 14.4. The van der Waals surface area contributed by atoms with Crippen LogP contribution < -0.4 is 16.0 Å². The second-order valence-corrected chi connectivity index (χ2v) is 11.7. The lowest BCUT2D eigenvalue weighted by molar-refractivity contribution is -0.145. The predicted octanol–water partition coefficient (Wildman–Crippen LogP) is 4.12. The summed E-state index contributed by atoms with van der Waals surface area (Å²) < 4.78 is 31.6. The number of imidazole rings is 1. The highest BCUT2D eigenvalue weighted by Gasteiger charge is 2.35. The SMILES string of the molecule is CCOC(=O)C(c1cccc(F)c1)n1cnc(NC(=O)[C@@H](COCc2ccccc2)NC(=O)C(C)(C)NC(=O)OC(C)(C)C)c1. The molecule has 2 atom stereocenters. The van der Waals surface area contributed by atoms with Crippen molar-refractivity contribution in [1.29, 1.82) is 0 Å². The molecule has 242 valence electrons. The Kier molecular flexibility index (Phi) is 11.8. The number of halogens is 1. The zero-order valence-corrected chi connectivity index (χ0v) is 26.3. The van der Waals surface area contributed by atoms with Crippen molar-refractivity contribution in [3.05, 3.63) is 84.1 Å². The Hall–Kier alpha value is -4.78. The van der Waals surface area contributed by atoms with Gasteiger partial charge in [0.25, 0.3) is 5.91 Å². The molecule has 0 aliphatic heterocycles. The monoisotopic (exact) mass is 625 g/mol. The molecule has 3 N–H and O–H groups in total. The summed E-state index contributed by atoms with van der Waals surface area (Å²) in [7, 11) is 0. The third-order valence-electron chi connectivity index (χ3n) is 6.22. The molecule has 1 heterocycles. The van der Waals surface area contributed by atoms with E-state index < -0.39 is 52.9 Å². The van der Waals surface area contributed by atoms with E-state index in [1.165, 1.54) is 49.1 Å². The maximum Gasteiger partial charge on any atom is 0.408 e. The Labute approximate surface area is 261 Å². The highest BCUT2D eigenvalue weighted by atomic mass is 19.1. The molecule has 45 heavy (non-hydrogen) atoms. The average molecular weight is 626 g/mol. The highest BCUT2D eigenvalue weighted by molar-refractivity contribution is 5.98. The largest absolute Gasteiger partial charge is 0.464 e. The summed E-state index contributed by atoms with van der Waals surface area (Å²) in [6, 6.07) is 12.5. The Balaban J connectivity index is 1.79. The lowest BCUT2D eigenvalue weighted by Crippen LogP contribution is -2.59. The van der Waals surface area contributed by atoms with E-state index in [1.54, 1.807) is 33.8 Å². The lowest BCUT2D eigenvalue weighted by Gasteiger charge is -2.29. The van der Waals surface area contributed by atoms with E-state index in [9.17, 15) is 23.6 Å². The van der Waals surface area contributed by atoms with Crippen LogP contribution in [0.25, 0.3) is 0 Å². The van der Waals surface area contributed by atoms with Crippen molar-refractivity contribution in [1.82, 2.24) is 20.2 Å². The Morgan fingerprint density at radius 3 is 2.36 bits per heavy atom. The summed E-state index contributed by atoms with van der Waals surface area (Å²) in [6.07, 6.45) is 1.89. The number of carbonyl (C=O) groups excluding carboxylic acids is 4. The van der Waals surface area contributed by atoms with Gasteiger partial charge in [0.1, 0.15) is 23.0 Å². The molecule has 1 unspecified atom stereocenters. The van der Waals surface area contributed by atoms with Crippen LogP contribution in [0.3, 0.4) is 0 Å². The normalized spacial score (nSPS) is 12.9. The average Bonchev–Trinajstić information content (AvgIpc) is 3.39. The Morgan fingerprint density at radius 1 is 1.00 bits per heavy atom. The standard InChI is InChI=1S/C32H40FN5O7/c1-7-44-28(40)26(22-14-11-15-23(33)16-22)38-17-25(34-20-38)36-27(39)24(19-43-18-21-12-9-8-10-13-21)35-29(41)32(5,6)37-30(42)45-31(2,3)4/h8-17,20,24,26H,7,18-19H2,1-6H3,(H,35,41)(H,36,39)(H,37,42)/t24-,26?/m1/s1. The molecule has 0 aliphatic rings. The van der Waals surface area contributed by atoms with Crippen LogP contribution >= 0.6 is 0 Å². The van der Waals surface area contributed by atoms with Gasteiger partial charge in [-0.05, 0) is 64.8 Å². The predicted molar refractivity (Wildman–Crippen MR) is 164 cm³/mol. The number of esters is 1. The molecule has 12 nitrogen and oxygen atoms in total. The molecular formula is C32H40FN5O7. The summed E-state index contributed by atoms with van der Waals surface area (Å²) in [6.45, 7) is 9.72. The quantitative estimate of drug-likeness (QED) is 0.240. The van der Waals surface area contributed by atoms with Crippen LogP contribution in [0.5, 0.6) is 0 Å². The molecule has 2 aromatic carbocycles. The molecule has 3 rings (SSSR count). The summed E-state index contributed by atoms with van der Waals surface area (Å²) in [5.74, 6) is -2.46. The lowest BCUT2D eigenvalue weighted by atomic mass is 10.0. The van der Waals surface area contributed by atoms with Gasteiger partial charge in [0, 0.05) is 6.20 Å². The summed E-state index contributed by atoms with van der Waals surface area (Å²) in [5.41, 5.74) is -1.06. The number of nitrogens with one attached hydrogen (secondary N) is 3. The maximum atomic E-state index is 14.0. The van der Waals surface area contributed by atoms with Crippen molar-refractivity contribution in [3.63, 3.8) is 0 Å². The number of aromatic nitrogens is 2. The van der Waals surface area contributed by atoms with Gasteiger partial charge in [0.2, 0.25) is 5.91 Å². The number of hydrogen-bond acceptors (Lipinski definition) is 8. The Morgan fingerprint density at radius 2 is 1.71 bits per heavy atom. The molecule has 3 amide bonds. The molecule has 0 bridgehead atoms. The van der Waals surface area contributed by atoms with Crippen molar-refractivity contribution in [3.8, 4) is 0 Å². The van der Waals surface area contributed by atoms with Crippen molar-refractivity contribution in [2.75, 3.05) is 18.5 Å². The van der Waals surface area contributed by atoms with Crippen LogP contribution in [0.2, 0.25) is 0 Å². The van der Waals surface area contributed by atoms with Crippen LogP contribution in [0.4, 0.5) is 15.0 Å². The molecule has 0 fully saturated rings. The van der Waals surface area contributed by atoms with E-state index in [2.05, 4.69) is 20.9 Å². The number of alkyl carbamates (subject to hydrolysis) is 1. The number of rotatable bonds is 13. The Bertz CT molecular complexity index is 1470. The molecule has 0 saturated heterocycles. The van der Waals surface area contributed by atoms with Gasteiger partial charge in [0.15, 0.2) is 11.9 Å². The van der Waals surface area contributed by atoms with E-state index in [0.29, 0.717) is 5.56 Å². The zero-order chi connectivity index (χ0) is 33.2. The molecule has 3 aromatic rings. The summed E-state index contributed by atoms with van der Waals surface area (Å²) in [5, 5.41) is 7.77. The molecule has 13 heteroatoms. The molecule has 0 spiro atoms. The van der Waals surface area contributed by atoms with Gasteiger partial charge in [0.05, 0.1) is 26.1 Å². The van der Waals surface area contributed by atoms with Gasteiger partial charge < -0.3 is 34.7 Å². The van der Waals surface area contributed by atoms with E-state index in [1.807, 2.05) is 30.3 Å². The number of ether oxygens (including phenoxy) is 3. The van der Waals surface area contributed by atoms with Gasteiger partial charge in [-0.3, -0.25) is 9.59 Å². The smallest absolute Gasteiger partial charge is 0.408 e. The number of anilines is 1. The van der Waals surface area contributed by atoms with Crippen LogP contribution in [0, 0.1) is 5.82 Å². The number of amides is 3. The minimum absolute atomic E-state index is 0.0548. The van der Waals surface area contributed by atoms with Crippen LogP contribution in [-0.2, 0) is 35.2 Å². The van der Waals surface area contributed by atoms with Gasteiger partial charge in [-0.1, -0.05) is 42.5 Å². The van der Waals surface area contributed by atoms with Crippen LogP contribution in [0.15, 0.2) is 67.1 Å². The third-order valence-corrected chi connectivity index (χ3v) is 6.22. The third kappa shape index (κ3) is 10.7. The van der Waals surface area contributed by atoms with Gasteiger partial charge >= 0.3 is 12.1 Å². The first-order chi connectivity index (χ1) is 21.2. The van der Waals surface area contributed by atoms with Crippen molar-refractivity contribution < 1.29 is 37.8 Å². The van der Waals surface area contributed by atoms with E-state index >= 15 is 0 Å². The fourth-order valence-electron chi connectivity index (χ4n) is 4.09. The van der Waals surface area contributed by atoms with Gasteiger partial charge in [-0.15, -0.1) is 0 Å². The van der Waals surface area contributed by atoms with Gasteiger partial charge in [-0.25, -0.2) is 19.0 Å². The number of hydrogen-bond donors (Lipinski definition) is 3. The summed E-state index contributed by atoms with van der Waals surface area (Å²) >= 11 is 0. The number of carbonyl (C=O) groups is 4. The second kappa shape index (κ2) is 15.3. The first-order valence-electron chi connectivity index (χ1n) is 14.4. The van der Waals surface area contributed by atoms with Crippen molar-refractivity contribution in [2.24, 2.45) is 0 Å². The second-order valence-electron chi connectivity index (χ2n) is 11.7. The highest BCUT2D eigenvalue weighted by Crippen LogP contribution is 2.23. The molecule has 1 aromatic heterocycles. The number of benzene rings is 2. The van der Waals surface area contributed by atoms with Gasteiger partial charge in [-0.2, -0.15) is 0 Å². The molecule has 0 aliphatic carbocycles. The fraction of sp³-hybridized carbons (Fsp3) is 0.406. The van der Waals surface area contributed by atoms with E-state index in [4.69, 9.17) is 14.2 Å². The van der Waals surface area contributed by atoms with Crippen molar-refractivity contribution >= 4 is 29.7 Å². The molecular weight excluding hydrogens is 585 g/mol. The molecule has 0 saturated carbocycles. The van der Waals surface area contributed by atoms with Crippen LogP contribution in [-0.4, -0.2) is 63.8 Å². The maximum absolute atomic E-state index is 14.0. The zero-order valence-electron chi connectivity index (χ0n) is 26.3. The molecule has 0 radical (unpaired) electrons. The minimum Gasteiger partial charge on any atom is -0.464 e. The number of nitrogens with zero attached hydrogens (tertiary/aromatic N) is 2.